The number of carbonyl (C=O) groups excluding carboxylic acids is 1. The second kappa shape index (κ2) is 9.23. The standard InChI is InChI=1S/C22H17ClN2O3S3/c23-18-7-3-15(4-8-18)21(17-11-13-29-14-17)24-22(26)16-5-9-19(10-6-16)25-31(27,28)20-2-1-12-30-20/h1-14,21,25H,(H,24,26). The Bertz CT molecular complexity index is 1250. The van der Waals surface area contributed by atoms with Crippen LogP contribution in [-0.4, -0.2) is 14.3 Å². The first-order valence-electron chi connectivity index (χ1n) is 9.17. The summed E-state index contributed by atoms with van der Waals surface area (Å²) in [5.41, 5.74) is 2.70. The van der Waals surface area contributed by atoms with Crippen LogP contribution in [0.5, 0.6) is 0 Å². The highest BCUT2D eigenvalue weighted by molar-refractivity contribution is 7.94. The molecule has 31 heavy (non-hydrogen) atoms. The summed E-state index contributed by atoms with van der Waals surface area (Å²) in [6.45, 7) is 0. The van der Waals surface area contributed by atoms with Crippen molar-refractivity contribution in [3.63, 3.8) is 0 Å². The molecular weight excluding hydrogens is 472 g/mol. The Hall–Kier alpha value is -2.65. The number of rotatable bonds is 7. The van der Waals surface area contributed by atoms with Gasteiger partial charge < -0.3 is 5.32 Å². The largest absolute Gasteiger partial charge is 0.341 e. The molecule has 0 saturated heterocycles. The quantitative estimate of drug-likeness (QED) is 0.346. The maximum absolute atomic E-state index is 12.9. The molecule has 0 saturated carbocycles. The lowest BCUT2D eigenvalue weighted by Gasteiger charge is -2.19. The number of benzene rings is 2. The van der Waals surface area contributed by atoms with E-state index in [-0.39, 0.29) is 16.2 Å². The predicted octanol–water partition coefficient (Wildman–Crippen LogP) is 5.78. The molecule has 0 aliphatic rings. The second-order valence-electron chi connectivity index (χ2n) is 6.63. The van der Waals surface area contributed by atoms with Crippen molar-refractivity contribution in [2.75, 3.05) is 4.72 Å². The molecule has 0 fully saturated rings. The van der Waals surface area contributed by atoms with Crippen molar-refractivity contribution in [2.45, 2.75) is 10.3 Å². The third-order valence-electron chi connectivity index (χ3n) is 4.51. The van der Waals surface area contributed by atoms with Gasteiger partial charge in [-0.15, -0.1) is 11.3 Å². The average Bonchev–Trinajstić information content (AvgIpc) is 3.47. The van der Waals surface area contributed by atoms with Gasteiger partial charge in [0.2, 0.25) is 0 Å². The Morgan fingerprint density at radius 3 is 2.26 bits per heavy atom. The van der Waals surface area contributed by atoms with Crippen molar-refractivity contribution in [3.8, 4) is 0 Å². The smallest absolute Gasteiger partial charge is 0.271 e. The van der Waals surface area contributed by atoms with Crippen molar-refractivity contribution in [1.29, 1.82) is 0 Å². The van der Waals surface area contributed by atoms with Gasteiger partial charge in [0.05, 0.1) is 6.04 Å². The summed E-state index contributed by atoms with van der Waals surface area (Å²) in [5, 5.41) is 9.32. The highest BCUT2D eigenvalue weighted by Gasteiger charge is 2.19. The first-order chi connectivity index (χ1) is 14.9. The normalized spacial score (nSPS) is 12.3. The Balaban J connectivity index is 1.51. The lowest BCUT2D eigenvalue weighted by molar-refractivity contribution is 0.0943. The fourth-order valence-electron chi connectivity index (χ4n) is 2.98. The van der Waals surface area contributed by atoms with Gasteiger partial charge in [0, 0.05) is 16.3 Å². The van der Waals surface area contributed by atoms with E-state index in [0.717, 1.165) is 22.5 Å². The molecule has 0 spiro atoms. The summed E-state index contributed by atoms with van der Waals surface area (Å²) < 4.78 is 27.5. The molecule has 9 heteroatoms. The maximum Gasteiger partial charge on any atom is 0.271 e. The molecule has 4 rings (SSSR count). The van der Waals surface area contributed by atoms with Gasteiger partial charge in [-0.3, -0.25) is 9.52 Å². The Kier molecular flexibility index (Phi) is 6.43. The molecule has 0 aliphatic heterocycles. The van der Waals surface area contributed by atoms with E-state index < -0.39 is 10.0 Å². The number of carbonyl (C=O) groups is 1. The third kappa shape index (κ3) is 5.16. The second-order valence-corrected chi connectivity index (χ2v) is 10.7. The molecule has 2 aromatic carbocycles. The number of thiophene rings is 2. The zero-order chi connectivity index (χ0) is 21.8. The minimum absolute atomic E-state index is 0.232. The van der Waals surface area contributed by atoms with E-state index in [0.29, 0.717) is 16.3 Å². The number of anilines is 1. The Morgan fingerprint density at radius 2 is 1.65 bits per heavy atom. The van der Waals surface area contributed by atoms with E-state index in [1.165, 1.54) is 6.07 Å². The lowest BCUT2D eigenvalue weighted by Crippen LogP contribution is -2.29. The summed E-state index contributed by atoms with van der Waals surface area (Å²) in [5.74, 6) is -0.265. The zero-order valence-corrected chi connectivity index (χ0v) is 19.2. The summed E-state index contributed by atoms with van der Waals surface area (Å²) in [7, 11) is -3.63. The highest BCUT2D eigenvalue weighted by atomic mass is 35.5. The van der Waals surface area contributed by atoms with Gasteiger partial charge in [0.1, 0.15) is 4.21 Å². The SMILES string of the molecule is O=C(NC(c1ccc(Cl)cc1)c1ccsc1)c1ccc(NS(=O)(=O)c2cccs2)cc1. The van der Waals surface area contributed by atoms with Crippen LogP contribution in [0.1, 0.15) is 27.5 Å². The van der Waals surface area contributed by atoms with Crippen LogP contribution in [0.15, 0.2) is 87.1 Å². The van der Waals surface area contributed by atoms with Gasteiger partial charge in [-0.2, -0.15) is 11.3 Å². The van der Waals surface area contributed by atoms with E-state index in [2.05, 4.69) is 10.0 Å². The van der Waals surface area contributed by atoms with Gasteiger partial charge in [-0.25, -0.2) is 8.42 Å². The van der Waals surface area contributed by atoms with Crippen molar-refractivity contribution in [1.82, 2.24) is 5.32 Å². The van der Waals surface area contributed by atoms with Gasteiger partial charge in [-0.05, 0) is 75.8 Å². The molecule has 0 radical (unpaired) electrons. The predicted molar refractivity (Wildman–Crippen MR) is 127 cm³/mol. The van der Waals surface area contributed by atoms with Gasteiger partial charge in [-0.1, -0.05) is 29.8 Å². The highest BCUT2D eigenvalue weighted by Crippen LogP contribution is 2.26. The van der Waals surface area contributed by atoms with Crippen LogP contribution >= 0.6 is 34.3 Å². The molecule has 0 aliphatic carbocycles. The molecule has 5 nitrogen and oxygen atoms in total. The molecule has 4 aromatic rings. The van der Waals surface area contributed by atoms with Crippen LogP contribution in [0.25, 0.3) is 0 Å². The van der Waals surface area contributed by atoms with Crippen LogP contribution in [0.4, 0.5) is 5.69 Å². The fourth-order valence-corrected chi connectivity index (χ4v) is 5.84. The van der Waals surface area contributed by atoms with Crippen LogP contribution in [0.3, 0.4) is 0 Å². The Morgan fingerprint density at radius 1 is 0.903 bits per heavy atom. The topological polar surface area (TPSA) is 75.3 Å². The monoisotopic (exact) mass is 488 g/mol. The lowest BCUT2D eigenvalue weighted by atomic mass is 10.0. The summed E-state index contributed by atoms with van der Waals surface area (Å²) in [6.07, 6.45) is 0. The first kappa shape index (κ1) is 21.6. The summed E-state index contributed by atoms with van der Waals surface area (Å²) in [6, 6.07) is 18.5. The van der Waals surface area contributed by atoms with E-state index in [9.17, 15) is 13.2 Å². The molecular formula is C22H17ClN2O3S3. The van der Waals surface area contributed by atoms with Crippen LogP contribution < -0.4 is 10.0 Å². The van der Waals surface area contributed by atoms with Crippen LogP contribution in [0.2, 0.25) is 5.02 Å². The summed E-state index contributed by atoms with van der Waals surface area (Å²) >= 11 is 8.70. The van der Waals surface area contributed by atoms with Gasteiger partial charge in [0.15, 0.2) is 0 Å². The number of hydrogen-bond acceptors (Lipinski definition) is 5. The van der Waals surface area contributed by atoms with Crippen molar-refractivity contribution in [3.05, 3.63) is 105 Å². The van der Waals surface area contributed by atoms with Crippen molar-refractivity contribution >= 4 is 55.9 Å². The minimum atomic E-state index is -3.63. The maximum atomic E-state index is 12.9. The number of sulfonamides is 1. The van der Waals surface area contributed by atoms with Gasteiger partial charge >= 0.3 is 0 Å². The Labute approximate surface area is 193 Å². The third-order valence-corrected chi connectivity index (χ3v) is 8.25. The van der Waals surface area contributed by atoms with Crippen molar-refractivity contribution in [2.24, 2.45) is 0 Å². The van der Waals surface area contributed by atoms with Crippen LogP contribution in [0, 0.1) is 0 Å². The molecule has 2 heterocycles. The molecule has 158 valence electrons. The van der Waals surface area contributed by atoms with Crippen molar-refractivity contribution < 1.29 is 13.2 Å². The zero-order valence-electron chi connectivity index (χ0n) is 16.0. The number of hydrogen-bond donors (Lipinski definition) is 2. The molecule has 0 bridgehead atoms. The van der Waals surface area contributed by atoms with E-state index >= 15 is 0 Å². The van der Waals surface area contributed by atoms with Crippen LogP contribution in [-0.2, 0) is 10.0 Å². The fraction of sp³-hybridized carbons (Fsp3) is 0.0455. The number of halogens is 1. The van der Waals surface area contributed by atoms with E-state index in [4.69, 9.17) is 11.6 Å². The van der Waals surface area contributed by atoms with E-state index in [1.807, 2.05) is 29.0 Å². The molecule has 1 atom stereocenters. The minimum Gasteiger partial charge on any atom is -0.341 e. The van der Waals surface area contributed by atoms with E-state index in [1.54, 1.807) is 59.2 Å². The molecule has 2 aromatic heterocycles. The first-order valence-corrected chi connectivity index (χ1v) is 12.9. The number of nitrogens with one attached hydrogen (secondary N) is 2. The average molecular weight is 489 g/mol. The molecule has 2 N–H and O–H groups in total. The number of amides is 1. The summed E-state index contributed by atoms with van der Waals surface area (Å²) in [4.78, 5) is 12.9. The van der Waals surface area contributed by atoms with Gasteiger partial charge in [0.25, 0.3) is 15.9 Å². The molecule has 1 unspecified atom stereocenters. The molecule has 1 amide bonds.